The highest BCUT2D eigenvalue weighted by Gasteiger charge is 2.20. The van der Waals surface area contributed by atoms with Gasteiger partial charge in [0.05, 0.1) is 6.04 Å². The van der Waals surface area contributed by atoms with Gasteiger partial charge in [-0.25, -0.2) is 0 Å². The lowest BCUT2D eigenvalue weighted by Gasteiger charge is -2.18. The van der Waals surface area contributed by atoms with E-state index in [9.17, 15) is 4.79 Å². The van der Waals surface area contributed by atoms with Crippen LogP contribution in [0.2, 0.25) is 0 Å². The van der Waals surface area contributed by atoms with Crippen LogP contribution in [0.4, 0.5) is 0 Å². The van der Waals surface area contributed by atoms with Crippen molar-refractivity contribution in [2.24, 2.45) is 0 Å². The van der Waals surface area contributed by atoms with E-state index in [1.165, 1.54) is 32.1 Å². The van der Waals surface area contributed by atoms with Crippen molar-refractivity contribution in [1.82, 2.24) is 5.32 Å². The van der Waals surface area contributed by atoms with Crippen molar-refractivity contribution in [3.63, 3.8) is 0 Å². The molecule has 0 aliphatic heterocycles. The van der Waals surface area contributed by atoms with Crippen LogP contribution in [0.5, 0.6) is 0 Å². The number of ketones is 1. The lowest BCUT2D eigenvalue weighted by molar-refractivity contribution is 0.0942. The molecule has 1 N–H and O–H groups in total. The Morgan fingerprint density at radius 2 is 1.42 bits per heavy atom. The normalized spacial score (nSPS) is 12.0. The third-order valence-corrected chi connectivity index (χ3v) is 4.33. The molecule has 24 heavy (non-hydrogen) atoms. The third-order valence-electron chi connectivity index (χ3n) is 4.33. The van der Waals surface area contributed by atoms with Crippen molar-refractivity contribution in [1.29, 1.82) is 0 Å². The van der Waals surface area contributed by atoms with E-state index in [4.69, 9.17) is 0 Å². The maximum Gasteiger partial charge on any atom is 0.184 e. The summed E-state index contributed by atoms with van der Waals surface area (Å²) in [7, 11) is 0. The molecule has 0 fully saturated rings. The lowest BCUT2D eigenvalue weighted by Crippen LogP contribution is -2.29. The first-order valence-corrected chi connectivity index (χ1v) is 9.20. The summed E-state index contributed by atoms with van der Waals surface area (Å²) in [4.78, 5) is 12.9. The number of rotatable bonds is 11. The Morgan fingerprint density at radius 1 is 0.833 bits per heavy atom. The van der Waals surface area contributed by atoms with Gasteiger partial charge in [-0.15, -0.1) is 0 Å². The zero-order valence-corrected chi connectivity index (χ0v) is 14.7. The number of hydrogen-bond donors (Lipinski definition) is 1. The minimum absolute atomic E-state index is 0.146. The van der Waals surface area contributed by atoms with Crippen LogP contribution in [-0.4, -0.2) is 12.3 Å². The molecule has 0 saturated heterocycles. The quantitative estimate of drug-likeness (QED) is 0.433. The first-order valence-electron chi connectivity index (χ1n) is 9.20. The molecule has 0 radical (unpaired) electrons. The van der Waals surface area contributed by atoms with Crippen molar-refractivity contribution in [3.05, 3.63) is 71.8 Å². The summed E-state index contributed by atoms with van der Waals surface area (Å²) in [6.07, 6.45) is 7.56. The standard InChI is InChI=1S/C22H29NO/c1-2-3-4-5-6-13-18-23-21(19-14-9-7-10-15-19)22(24)20-16-11-8-12-17-20/h7-12,14-17,21,23H,2-6,13,18H2,1H3/t21-/m0/s1. The molecule has 2 rings (SSSR count). The smallest absolute Gasteiger partial charge is 0.184 e. The molecule has 0 amide bonds. The van der Waals surface area contributed by atoms with Gasteiger partial charge in [-0.05, 0) is 18.5 Å². The summed E-state index contributed by atoms with van der Waals surface area (Å²) in [5.41, 5.74) is 1.80. The second-order valence-electron chi connectivity index (χ2n) is 6.30. The monoisotopic (exact) mass is 323 g/mol. The number of hydrogen-bond acceptors (Lipinski definition) is 2. The minimum Gasteiger partial charge on any atom is -0.303 e. The van der Waals surface area contributed by atoms with E-state index < -0.39 is 0 Å². The average molecular weight is 323 g/mol. The molecule has 0 unspecified atom stereocenters. The molecule has 0 aliphatic carbocycles. The van der Waals surface area contributed by atoms with E-state index >= 15 is 0 Å². The van der Waals surface area contributed by atoms with Crippen LogP contribution in [-0.2, 0) is 0 Å². The van der Waals surface area contributed by atoms with Crippen molar-refractivity contribution in [3.8, 4) is 0 Å². The Kier molecular flexibility index (Phi) is 8.26. The second kappa shape index (κ2) is 10.8. The summed E-state index contributed by atoms with van der Waals surface area (Å²) >= 11 is 0. The maximum absolute atomic E-state index is 12.9. The number of carbonyl (C=O) groups is 1. The fraction of sp³-hybridized carbons (Fsp3) is 0.409. The molecule has 0 aliphatic rings. The topological polar surface area (TPSA) is 29.1 Å². The molecule has 1 atom stereocenters. The van der Waals surface area contributed by atoms with Gasteiger partial charge >= 0.3 is 0 Å². The Balaban J connectivity index is 1.93. The highest BCUT2D eigenvalue weighted by molar-refractivity contribution is 6.00. The van der Waals surface area contributed by atoms with Gasteiger partial charge in [0, 0.05) is 5.56 Å². The summed E-state index contributed by atoms with van der Waals surface area (Å²) < 4.78 is 0. The second-order valence-corrected chi connectivity index (χ2v) is 6.30. The van der Waals surface area contributed by atoms with Gasteiger partial charge in [0.1, 0.15) is 0 Å². The molecule has 2 nitrogen and oxygen atoms in total. The largest absolute Gasteiger partial charge is 0.303 e. The third kappa shape index (κ3) is 5.93. The summed E-state index contributed by atoms with van der Waals surface area (Å²) in [5.74, 6) is 0.146. The average Bonchev–Trinajstić information content (AvgIpc) is 2.65. The SMILES string of the molecule is CCCCCCCCN[C@H](C(=O)c1ccccc1)c1ccccc1. The Hall–Kier alpha value is -1.93. The molecule has 2 heteroatoms. The predicted molar refractivity (Wildman–Crippen MR) is 101 cm³/mol. The summed E-state index contributed by atoms with van der Waals surface area (Å²) in [6, 6.07) is 19.3. The van der Waals surface area contributed by atoms with E-state index in [0.717, 1.165) is 24.1 Å². The van der Waals surface area contributed by atoms with Gasteiger partial charge in [-0.2, -0.15) is 0 Å². The van der Waals surface area contributed by atoms with Crippen LogP contribution < -0.4 is 5.32 Å². The molecular weight excluding hydrogens is 294 g/mol. The minimum atomic E-state index is -0.260. The molecule has 0 aromatic heterocycles. The maximum atomic E-state index is 12.9. The molecule has 0 heterocycles. The van der Waals surface area contributed by atoms with Crippen LogP contribution in [0.3, 0.4) is 0 Å². The van der Waals surface area contributed by atoms with Crippen molar-refractivity contribution in [2.45, 2.75) is 51.5 Å². The van der Waals surface area contributed by atoms with E-state index in [-0.39, 0.29) is 11.8 Å². The van der Waals surface area contributed by atoms with Crippen LogP contribution in [0.25, 0.3) is 0 Å². The zero-order chi connectivity index (χ0) is 17.0. The van der Waals surface area contributed by atoms with Crippen molar-refractivity contribution in [2.75, 3.05) is 6.54 Å². The Bertz CT molecular complexity index is 579. The van der Waals surface area contributed by atoms with E-state index in [1.807, 2.05) is 60.7 Å². The Labute approximate surface area is 146 Å². The Morgan fingerprint density at radius 3 is 2.08 bits per heavy atom. The van der Waals surface area contributed by atoms with E-state index in [0.29, 0.717) is 0 Å². The van der Waals surface area contributed by atoms with Crippen LogP contribution in [0.15, 0.2) is 60.7 Å². The first-order chi connectivity index (χ1) is 11.8. The van der Waals surface area contributed by atoms with Crippen LogP contribution in [0, 0.1) is 0 Å². The lowest BCUT2D eigenvalue weighted by atomic mass is 9.97. The number of Topliss-reactive ketones (excluding diaryl/α,β-unsaturated/α-hetero) is 1. The molecule has 0 bridgehead atoms. The molecular formula is C22H29NO. The van der Waals surface area contributed by atoms with Crippen LogP contribution >= 0.6 is 0 Å². The molecule has 0 spiro atoms. The van der Waals surface area contributed by atoms with E-state index in [2.05, 4.69) is 12.2 Å². The highest BCUT2D eigenvalue weighted by atomic mass is 16.1. The fourth-order valence-corrected chi connectivity index (χ4v) is 2.93. The van der Waals surface area contributed by atoms with Gasteiger partial charge < -0.3 is 5.32 Å². The zero-order valence-electron chi connectivity index (χ0n) is 14.7. The number of unbranched alkanes of at least 4 members (excludes halogenated alkanes) is 5. The van der Waals surface area contributed by atoms with Gasteiger partial charge in [0.15, 0.2) is 5.78 Å². The fourth-order valence-electron chi connectivity index (χ4n) is 2.93. The van der Waals surface area contributed by atoms with E-state index in [1.54, 1.807) is 0 Å². The molecule has 2 aromatic carbocycles. The molecule has 2 aromatic rings. The number of nitrogens with one attached hydrogen (secondary N) is 1. The van der Waals surface area contributed by atoms with Crippen molar-refractivity contribution < 1.29 is 4.79 Å². The van der Waals surface area contributed by atoms with Crippen molar-refractivity contribution >= 4 is 5.78 Å². The number of benzene rings is 2. The molecule has 0 saturated carbocycles. The molecule has 128 valence electrons. The van der Waals surface area contributed by atoms with Gasteiger partial charge in [0.25, 0.3) is 0 Å². The first kappa shape index (κ1) is 18.4. The summed E-state index contributed by atoms with van der Waals surface area (Å²) in [5, 5.41) is 3.48. The van der Waals surface area contributed by atoms with Gasteiger partial charge in [-0.3, -0.25) is 4.79 Å². The predicted octanol–water partition coefficient (Wildman–Crippen LogP) is 5.56. The summed E-state index contributed by atoms with van der Waals surface area (Å²) in [6.45, 7) is 3.12. The highest BCUT2D eigenvalue weighted by Crippen LogP contribution is 2.18. The van der Waals surface area contributed by atoms with Gasteiger partial charge in [0.2, 0.25) is 0 Å². The van der Waals surface area contributed by atoms with Gasteiger partial charge in [-0.1, -0.05) is 99.7 Å². The number of carbonyl (C=O) groups excluding carboxylic acids is 1. The van der Waals surface area contributed by atoms with Crippen LogP contribution in [0.1, 0.15) is 67.4 Å².